The van der Waals surface area contributed by atoms with Gasteiger partial charge in [0.1, 0.15) is 24.4 Å². The maximum Gasteiger partial charge on any atom is 0.305 e. The second-order valence-corrected chi connectivity index (χ2v) is 28.8. The van der Waals surface area contributed by atoms with E-state index in [0.717, 1.165) is 51.4 Å². The van der Waals surface area contributed by atoms with Crippen LogP contribution in [0.1, 0.15) is 425 Å². The molecule has 7 atom stereocenters. The highest BCUT2D eigenvalue weighted by atomic mass is 16.7. The minimum Gasteiger partial charge on any atom is -0.466 e. The minimum absolute atomic E-state index is 0.0198. The van der Waals surface area contributed by atoms with E-state index in [0.29, 0.717) is 19.4 Å². The van der Waals surface area contributed by atoms with Gasteiger partial charge in [0.15, 0.2) is 6.29 Å². The molecule has 6 N–H and O–H groups in total. The monoisotopic (exact) mass is 1320 g/mol. The predicted molar refractivity (Wildman–Crippen MR) is 394 cm³/mol. The van der Waals surface area contributed by atoms with E-state index in [1.807, 2.05) is 6.08 Å². The van der Waals surface area contributed by atoms with Crippen LogP contribution in [0.5, 0.6) is 0 Å². The van der Waals surface area contributed by atoms with E-state index in [1.54, 1.807) is 6.08 Å². The fourth-order valence-corrected chi connectivity index (χ4v) is 13.4. The largest absolute Gasteiger partial charge is 0.466 e. The Bertz CT molecular complexity index is 1590. The number of rotatable bonds is 74. The van der Waals surface area contributed by atoms with Crippen LogP contribution in [-0.2, 0) is 23.8 Å². The number of carbonyl (C=O) groups is 2. The van der Waals surface area contributed by atoms with Gasteiger partial charge in [-0.05, 0) is 44.9 Å². The van der Waals surface area contributed by atoms with E-state index in [4.69, 9.17) is 14.2 Å². The topological polar surface area (TPSA) is 175 Å². The summed E-state index contributed by atoms with van der Waals surface area (Å²) < 4.78 is 16.8. The molecule has 0 saturated carbocycles. The van der Waals surface area contributed by atoms with Gasteiger partial charge in [-0.3, -0.25) is 9.59 Å². The lowest BCUT2D eigenvalue weighted by Gasteiger charge is -2.40. The SMILES string of the molecule is CCCCCCCCCC/C=C/CC/C=C/C(O)C(COC1OC(CO)C(O)C(O)C1O)NC(=O)CCCCCCCCCCCCCCCCCCCCCCCCCCCCCCCCCCCCCCCCCOC(=O)CCCCCCCCCCCCCC. The van der Waals surface area contributed by atoms with E-state index >= 15 is 0 Å². The highest BCUT2D eigenvalue weighted by Gasteiger charge is 2.44. The van der Waals surface area contributed by atoms with Gasteiger partial charge in [0, 0.05) is 12.8 Å². The van der Waals surface area contributed by atoms with Crippen LogP contribution in [0.3, 0.4) is 0 Å². The summed E-state index contributed by atoms with van der Waals surface area (Å²) in [6.07, 6.45) is 82.3. The Morgan fingerprint density at radius 3 is 1.06 bits per heavy atom. The number of aliphatic hydroxyl groups is 5. The van der Waals surface area contributed by atoms with Crippen LogP contribution in [0.15, 0.2) is 24.3 Å². The van der Waals surface area contributed by atoms with E-state index in [2.05, 4.69) is 31.3 Å². The van der Waals surface area contributed by atoms with Crippen LogP contribution in [0.2, 0.25) is 0 Å². The van der Waals surface area contributed by atoms with Crippen LogP contribution < -0.4 is 5.32 Å². The number of aliphatic hydroxyl groups excluding tert-OH is 5. The quantitative estimate of drug-likeness (QED) is 0.0195. The van der Waals surface area contributed by atoms with Gasteiger partial charge in [-0.1, -0.05) is 391 Å². The Labute approximate surface area is 575 Å². The van der Waals surface area contributed by atoms with Crippen molar-refractivity contribution in [1.82, 2.24) is 5.32 Å². The van der Waals surface area contributed by atoms with E-state index in [1.165, 1.54) is 347 Å². The van der Waals surface area contributed by atoms with Gasteiger partial charge in [0.25, 0.3) is 0 Å². The van der Waals surface area contributed by atoms with Gasteiger partial charge in [0.05, 0.1) is 32.0 Å². The summed E-state index contributed by atoms with van der Waals surface area (Å²) in [5.41, 5.74) is 0. The van der Waals surface area contributed by atoms with Gasteiger partial charge >= 0.3 is 5.97 Å². The number of nitrogens with one attached hydrogen (secondary N) is 1. The van der Waals surface area contributed by atoms with Gasteiger partial charge < -0.3 is 45.1 Å². The Hall–Kier alpha value is -1.86. The molecule has 0 radical (unpaired) electrons. The molecule has 0 aliphatic carbocycles. The summed E-state index contributed by atoms with van der Waals surface area (Å²) >= 11 is 0. The zero-order chi connectivity index (χ0) is 67.2. The van der Waals surface area contributed by atoms with Gasteiger partial charge in [-0.25, -0.2) is 0 Å². The molecule has 0 bridgehead atoms. The van der Waals surface area contributed by atoms with Crippen molar-refractivity contribution in [3.05, 3.63) is 24.3 Å². The average Bonchev–Trinajstić information content (AvgIpc) is 0.900. The third-order valence-corrected chi connectivity index (χ3v) is 19.8. The van der Waals surface area contributed by atoms with Crippen LogP contribution in [-0.4, -0.2) is 100 Å². The Morgan fingerprint density at radius 2 is 0.699 bits per heavy atom. The summed E-state index contributed by atoms with van der Waals surface area (Å²) in [4.78, 5) is 25.1. The molecule has 1 aliphatic rings. The molecule has 0 aromatic heterocycles. The van der Waals surface area contributed by atoms with Crippen LogP contribution in [0, 0.1) is 0 Å². The molecule has 1 saturated heterocycles. The molecule has 550 valence electrons. The van der Waals surface area contributed by atoms with E-state index in [-0.39, 0.29) is 18.5 Å². The van der Waals surface area contributed by atoms with Crippen molar-refractivity contribution in [1.29, 1.82) is 0 Å². The fourth-order valence-electron chi connectivity index (χ4n) is 13.4. The van der Waals surface area contributed by atoms with Crippen molar-refractivity contribution in [2.75, 3.05) is 19.8 Å². The van der Waals surface area contributed by atoms with Gasteiger partial charge in [-0.15, -0.1) is 0 Å². The number of esters is 1. The molecular formula is C82H157NO10. The summed E-state index contributed by atoms with van der Waals surface area (Å²) in [5, 5.41) is 54.6. The van der Waals surface area contributed by atoms with E-state index in [9.17, 15) is 35.1 Å². The van der Waals surface area contributed by atoms with E-state index < -0.39 is 49.5 Å². The summed E-state index contributed by atoms with van der Waals surface area (Å²) in [7, 11) is 0. The lowest BCUT2D eigenvalue weighted by Crippen LogP contribution is -2.60. The lowest BCUT2D eigenvalue weighted by molar-refractivity contribution is -0.302. The van der Waals surface area contributed by atoms with Crippen molar-refractivity contribution < 1.29 is 49.3 Å². The van der Waals surface area contributed by atoms with Crippen molar-refractivity contribution in [3.8, 4) is 0 Å². The van der Waals surface area contributed by atoms with Crippen molar-refractivity contribution >= 4 is 11.9 Å². The Morgan fingerprint density at radius 1 is 0.387 bits per heavy atom. The first-order valence-electron chi connectivity index (χ1n) is 41.1. The number of amides is 1. The molecule has 1 fully saturated rings. The maximum absolute atomic E-state index is 13.1. The lowest BCUT2D eigenvalue weighted by atomic mass is 9.99. The molecular weight excluding hydrogens is 1160 g/mol. The zero-order valence-electron chi connectivity index (χ0n) is 61.5. The highest BCUT2D eigenvalue weighted by molar-refractivity contribution is 5.76. The predicted octanol–water partition coefficient (Wildman–Crippen LogP) is 22.3. The first-order chi connectivity index (χ1) is 45.7. The number of hydrogen-bond acceptors (Lipinski definition) is 10. The van der Waals surface area contributed by atoms with Gasteiger partial charge in [-0.2, -0.15) is 0 Å². The molecule has 0 spiro atoms. The third-order valence-electron chi connectivity index (χ3n) is 19.8. The molecule has 0 aromatic rings. The van der Waals surface area contributed by atoms with Crippen molar-refractivity contribution in [2.45, 2.75) is 468 Å². The van der Waals surface area contributed by atoms with Crippen LogP contribution >= 0.6 is 0 Å². The molecule has 1 rings (SSSR count). The normalized spacial score (nSPS) is 17.5. The Balaban J connectivity index is 1.89. The second-order valence-electron chi connectivity index (χ2n) is 28.8. The summed E-state index contributed by atoms with van der Waals surface area (Å²) in [6.45, 7) is 4.39. The summed E-state index contributed by atoms with van der Waals surface area (Å²) in [6, 6.07) is -0.823. The standard InChI is InChI=1S/C82H157NO10/c1-3-5-7-9-11-13-15-17-45-48-52-56-60-64-68-75(85)74(73-92-82-81(90)80(89)79(88)76(72-84)93-82)83-77(86)69-65-61-57-53-49-46-43-41-39-37-35-33-31-29-27-25-23-21-19-18-20-22-24-26-28-30-32-34-36-38-40-42-44-47-51-55-59-63-67-71-91-78(87)70-66-62-58-54-50-16-14-12-10-8-6-4-2/h48,52,64,68,74-76,79-82,84-85,88-90H,3-47,49-51,53-63,65-67,69-73H2,1-2H3,(H,83,86)/b52-48+,68-64+. The average molecular weight is 1320 g/mol. The Kier molecular flexibility index (Phi) is 68.5. The zero-order valence-corrected chi connectivity index (χ0v) is 61.5. The number of allylic oxidation sites excluding steroid dienone is 3. The number of ether oxygens (including phenoxy) is 3. The van der Waals surface area contributed by atoms with Crippen molar-refractivity contribution in [2.24, 2.45) is 0 Å². The number of unbranched alkanes of at least 4 members (excludes halogenated alkanes) is 58. The fraction of sp³-hybridized carbons (Fsp3) is 0.927. The summed E-state index contributed by atoms with van der Waals surface area (Å²) in [5.74, 6) is -0.163. The first-order valence-corrected chi connectivity index (χ1v) is 41.1. The molecule has 11 heteroatoms. The number of carbonyl (C=O) groups excluding carboxylic acids is 2. The molecule has 1 amide bonds. The molecule has 0 aromatic carbocycles. The molecule has 7 unspecified atom stereocenters. The molecule has 11 nitrogen and oxygen atoms in total. The second kappa shape index (κ2) is 71.4. The molecule has 93 heavy (non-hydrogen) atoms. The van der Waals surface area contributed by atoms with Crippen LogP contribution in [0.4, 0.5) is 0 Å². The number of hydrogen-bond donors (Lipinski definition) is 6. The van der Waals surface area contributed by atoms with Gasteiger partial charge in [0.2, 0.25) is 5.91 Å². The first kappa shape index (κ1) is 89.2. The van der Waals surface area contributed by atoms with Crippen molar-refractivity contribution in [3.63, 3.8) is 0 Å². The highest BCUT2D eigenvalue weighted by Crippen LogP contribution is 2.24. The minimum atomic E-state index is -1.57. The maximum atomic E-state index is 13.1. The molecule has 1 aliphatic heterocycles. The van der Waals surface area contributed by atoms with Crippen LogP contribution in [0.25, 0.3) is 0 Å². The smallest absolute Gasteiger partial charge is 0.305 e. The molecule has 1 heterocycles. The third kappa shape index (κ3) is 59.9.